The summed E-state index contributed by atoms with van der Waals surface area (Å²) in [4.78, 5) is 19.1. The molecule has 0 aliphatic carbocycles. The third kappa shape index (κ3) is 3.46. The van der Waals surface area contributed by atoms with Crippen LogP contribution in [0.25, 0.3) is 11.0 Å². The molecule has 0 spiro atoms. The number of benzene rings is 1. The van der Waals surface area contributed by atoms with Crippen LogP contribution in [0.1, 0.15) is 11.4 Å². The van der Waals surface area contributed by atoms with Gasteiger partial charge in [0, 0.05) is 32.4 Å². The topological polar surface area (TPSA) is 56.0 Å². The number of aryl methyl sites for hydroxylation is 1. The fraction of sp³-hybridized carbons (Fsp3) is 0.353. The normalized spacial score (nSPS) is 11.1. The second kappa shape index (κ2) is 7.09. The van der Waals surface area contributed by atoms with Crippen molar-refractivity contribution in [2.75, 3.05) is 13.3 Å². The van der Waals surface area contributed by atoms with Gasteiger partial charge in [-0.1, -0.05) is 12.1 Å². The lowest BCUT2D eigenvalue weighted by molar-refractivity contribution is -0.131. The molecule has 3 rings (SSSR count). The van der Waals surface area contributed by atoms with Crippen LogP contribution in [-0.4, -0.2) is 43.4 Å². The van der Waals surface area contributed by atoms with Crippen LogP contribution >= 0.6 is 11.8 Å². The number of amides is 1. The van der Waals surface area contributed by atoms with Crippen LogP contribution in [0.4, 0.5) is 0 Å². The first-order valence-electron chi connectivity index (χ1n) is 7.73. The second-order valence-corrected chi connectivity index (χ2v) is 6.67. The van der Waals surface area contributed by atoms with Crippen molar-refractivity contribution >= 4 is 28.7 Å². The zero-order valence-corrected chi connectivity index (χ0v) is 15.0. The summed E-state index contributed by atoms with van der Waals surface area (Å²) >= 11 is 1.71. The number of thioether (sulfide) groups is 1. The minimum atomic E-state index is 0.0596. The van der Waals surface area contributed by atoms with Gasteiger partial charge in [0.05, 0.1) is 23.0 Å². The fourth-order valence-corrected chi connectivity index (χ4v) is 3.19. The van der Waals surface area contributed by atoms with Gasteiger partial charge in [0.2, 0.25) is 5.91 Å². The molecular formula is C17H21N5OS. The van der Waals surface area contributed by atoms with E-state index in [2.05, 4.69) is 10.1 Å². The molecule has 0 unspecified atom stereocenters. The maximum atomic E-state index is 12.7. The van der Waals surface area contributed by atoms with Gasteiger partial charge < -0.3 is 9.47 Å². The molecule has 0 fully saturated rings. The van der Waals surface area contributed by atoms with Crippen molar-refractivity contribution in [3.8, 4) is 0 Å². The molecule has 1 aromatic carbocycles. The highest BCUT2D eigenvalue weighted by atomic mass is 32.2. The monoisotopic (exact) mass is 343 g/mol. The molecular weight excluding hydrogens is 322 g/mol. The highest BCUT2D eigenvalue weighted by Crippen LogP contribution is 2.19. The molecule has 6 nitrogen and oxygen atoms in total. The average molecular weight is 343 g/mol. The molecule has 0 aliphatic rings. The molecule has 0 radical (unpaired) electrons. The van der Waals surface area contributed by atoms with E-state index in [0.717, 1.165) is 28.2 Å². The third-order valence-electron chi connectivity index (χ3n) is 3.90. The summed E-state index contributed by atoms with van der Waals surface area (Å²) in [7, 11) is 3.69. The summed E-state index contributed by atoms with van der Waals surface area (Å²) in [5.41, 5.74) is 2.96. The van der Waals surface area contributed by atoms with E-state index in [1.54, 1.807) is 27.5 Å². The summed E-state index contributed by atoms with van der Waals surface area (Å²) in [5, 5.41) is 4.14. The molecule has 24 heavy (non-hydrogen) atoms. The number of likely N-dealkylation sites (N-methyl/N-ethyl adjacent to an activating group) is 1. The Morgan fingerprint density at radius 3 is 2.83 bits per heavy atom. The van der Waals surface area contributed by atoms with Crippen molar-refractivity contribution in [1.29, 1.82) is 0 Å². The van der Waals surface area contributed by atoms with Crippen LogP contribution < -0.4 is 0 Å². The van der Waals surface area contributed by atoms with Gasteiger partial charge in [0.15, 0.2) is 0 Å². The van der Waals surface area contributed by atoms with Gasteiger partial charge >= 0.3 is 0 Å². The molecule has 7 heteroatoms. The van der Waals surface area contributed by atoms with Crippen molar-refractivity contribution in [1.82, 2.24) is 24.2 Å². The molecule has 2 heterocycles. The van der Waals surface area contributed by atoms with Gasteiger partial charge in [-0.05, 0) is 18.4 Å². The van der Waals surface area contributed by atoms with Crippen molar-refractivity contribution in [3.63, 3.8) is 0 Å². The SMILES string of the molecule is CSCc1nc2ccccc2n1CC(=O)N(C)Cc1cnn(C)c1. The second-order valence-electron chi connectivity index (χ2n) is 5.81. The number of carbonyl (C=O) groups is 1. The minimum absolute atomic E-state index is 0.0596. The Hall–Kier alpha value is -2.28. The predicted octanol–water partition coefficient (Wildman–Crippen LogP) is 2.29. The van der Waals surface area contributed by atoms with Gasteiger partial charge in [-0.15, -0.1) is 0 Å². The quantitative estimate of drug-likeness (QED) is 0.689. The molecule has 0 saturated heterocycles. The first-order chi connectivity index (χ1) is 11.6. The summed E-state index contributed by atoms with van der Waals surface area (Å²) in [6, 6.07) is 7.95. The van der Waals surface area contributed by atoms with Crippen LogP contribution in [0.5, 0.6) is 0 Å². The molecule has 3 aromatic rings. The molecule has 0 aliphatic heterocycles. The van der Waals surface area contributed by atoms with E-state index in [1.165, 1.54) is 0 Å². The lowest BCUT2D eigenvalue weighted by Gasteiger charge is -2.18. The predicted molar refractivity (Wildman–Crippen MR) is 96.6 cm³/mol. The molecule has 0 atom stereocenters. The summed E-state index contributed by atoms with van der Waals surface area (Å²) in [5.74, 6) is 1.78. The van der Waals surface area contributed by atoms with Crippen molar-refractivity contribution < 1.29 is 4.79 Å². The lowest BCUT2D eigenvalue weighted by atomic mass is 10.3. The maximum absolute atomic E-state index is 12.7. The Morgan fingerprint density at radius 1 is 1.33 bits per heavy atom. The molecule has 2 aromatic heterocycles. The standard InChI is InChI=1S/C17H21N5OS/c1-20(9-13-8-18-21(2)10-13)17(23)11-22-15-7-5-4-6-14(15)19-16(22)12-24-3/h4-8,10H,9,11-12H2,1-3H3. The van der Waals surface area contributed by atoms with Crippen LogP contribution in [0.2, 0.25) is 0 Å². The number of aromatic nitrogens is 4. The number of carbonyl (C=O) groups excluding carboxylic acids is 1. The van der Waals surface area contributed by atoms with Crippen LogP contribution in [-0.2, 0) is 30.7 Å². The summed E-state index contributed by atoms with van der Waals surface area (Å²) in [6.45, 7) is 0.852. The highest BCUT2D eigenvalue weighted by molar-refractivity contribution is 7.97. The first-order valence-corrected chi connectivity index (χ1v) is 9.12. The van der Waals surface area contributed by atoms with Crippen LogP contribution in [0, 0.1) is 0 Å². The Labute approximate surface area is 145 Å². The Balaban J connectivity index is 1.80. The Morgan fingerprint density at radius 2 is 2.12 bits per heavy atom. The number of rotatable bonds is 6. The van der Waals surface area contributed by atoms with Crippen molar-refractivity contribution in [2.24, 2.45) is 7.05 Å². The smallest absolute Gasteiger partial charge is 0.242 e. The number of imidazole rings is 1. The van der Waals surface area contributed by atoms with E-state index in [1.807, 2.05) is 55.4 Å². The third-order valence-corrected chi connectivity index (χ3v) is 4.45. The maximum Gasteiger partial charge on any atom is 0.242 e. The van der Waals surface area contributed by atoms with Crippen LogP contribution in [0.3, 0.4) is 0 Å². The average Bonchev–Trinajstić information content (AvgIpc) is 3.12. The molecule has 0 bridgehead atoms. The van der Waals surface area contributed by atoms with Crippen molar-refractivity contribution in [2.45, 2.75) is 18.8 Å². The van der Waals surface area contributed by atoms with E-state index in [9.17, 15) is 4.79 Å². The molecule has 0 N–H and O–H groups in total. The van der Waals surface area contributed by atoms with E-state index in [0.29, 0.717) is 13.1 Å². The Kier molecular flexibility index (Phi) is 4.89. The highest BCUT2D eigenvalue weighted by Gasteiger charge is 2.16. The van der Waals surface area contributed by atoms with Crippen molar-refractivity contribution in [3.05, 3.63) is 48.0 Å². The van der Waals surface area contributed by atoms with Gasteiger partial charge in [0.1, 0.15) is 12.4 Å². The number of fused-ring (bicyclic) bond motifs is 1. The number of hydrogen-bond donors (Lipinski definition) is 0. The lowest BCUT2D eigenvalue weighted by Crippen LogP contribution is -2.30. The molecule has 0 saturated carbocycles. The van der Waals surface area contributed by atoms with Gasteiger partial charge in [-0.25, -0.2) is 4.98 Å². The fourth-order valence-electron chi connectivity index (χ4n) is 2.71. The van der Waals surface area contributed by atoms with E-state index in [-0.39, 0.29) is 5.91 Å². The molecule has 1 amide bonds. The number of para-hydroxylation sites is 2. The zero-order chi connectivity index (χ0) is 17.1. The number of nitrogens with zero attached hydrogens (tertiary/aromatic N) is 5. The first kappa shape index (κ1) is 16.6. The van der Waals surface area contributed by atoms with Gasteiger partial charge in [0.25, 0.3) is 0 Å². The van der Waals surface area contributed by atoms with E-state index >= 15 is 0 Å². The van der Waals surface area contributed by atoms with E-state index < -0.39 is 0 Å². The number of hydrogen-bond acceptors (Lipinski definition) is 4. The largest absolute Gasteiger partial charge is 0.340 e. The summed E-state index contributed by atoms with van der Waals surface area (Å²) < 4.78 is 3.77. The minimum Gasteiger partial charge on any atom is -0.340 e. The summed E-state index contributed by atoms with van der Waals surface area (Å²) in [6.07, 6.45) is 5.76. The molecule has 126 valence electrons. The van der Waals surface area contributed by atoms with Gasteiger partial charge in [-0.2, -0.15) is 16.9 Å². The van der Waals surface area contributed by atoms with E-state index in [4.69, 9.17) is 0 Å². The van der Waals surface area contributed by atoms with Gasteiger partial charge in [-0.3, -0.25) is 9.48 Å². The Bertz CT molecular complexity index is 854. The van der Waals surface area contributed by atoms with Crippen LogP contribution in [0.15, 0.2) is 36.7 Å². The zero-order valence-electron chi connectivity index (χ0n) is 14.1.